The number of amides is 1. The molecule has 0 atom stereocenters. The zero-order valence-electron chi connectivity index (χ0n) is 13.2. The van der Waals surface area contributed by atoms with Gasteiger partial charge in [0.1, 0.15) is 17.2 Å². The largest absolute Gasteiger partial charge is 0.497 e. The number of aromatic amines is 1. The molecule has 24 heavy (non-hydrogen) atoms. The summed E-state index contributed by atoms with van der Waals surface area (Å²) in [6, 6.07) is 10.5. The number of methoxy groups -OCH3 is 2. The summed E-state index contributed by atoms with van der Waals surface area (Å²) in [5, 5.41) is 9.66. The molecule has 0 bridgehead atoms. The van der Waals surface area contributed by atoms with Crippen LogP contribution >= 0.6 is 0 Å². The highest BCUT2D eigenvalue weighted by Gasteiger charge is 2.14. The Bertz CT molecular complexity index is 846. The van der Waals surface area contributed by atoms with Crippen molar-refractivity contribution in [2.45, 2.75) is 0 Å². The number of hydrogen-bond acceptors (Lipinski definition) is 5. The second-order valence-electron chi connectivity index (χ2n) is 4.93. The minimum atomic E-state index is -0.318. The molecule has 1 aromatic carbocycles. The minimum absolute atomic E-state index is 0.318. The van der Waals surface area contributed by atoms with E-state index in [0.717, 1.165) is 5.56 Å². The monoisotopic (exact) mass is 324 g/mol. The Hall–Kier alpha value is -3.35. The van der Waals surface area contributed by atoms with Crippen LogP contribution in [0.1, 0.15) is 10.5 Å². The summed E-state index contributed by atoms with van der Waals surface area (Å²) in [4.78, 5) is 16.4. The minimum Gasteiger partial charge on any atom is -0.497 e. The Morgan fingerprint density at radius 2 is 2.04 bits per heavy atom. The molecule has 0 aliphatic heterocycles. The number of carbonyl (C=O) groups excluding carboxylic acids is 1. The zero-order valence-corrected chi connectivity index (χ0v) is 13.2. The predicted octanol–water partition coefficient (Wildman–Crippen LogP) is 2.74. The van der Waals surface area contributed by atoms with Crippen LogP contribution in [0.3, 0.4) is 0 Å². The predicted molar refractivity (Wildman–Crippen MR) is 89.3 cm³/mol. The second kappa shape index (κ2) is 6.82. The molecule has 2 heterocycles. The van der Waals surface area contributed by atoms with Crippen molar-refractivity contribution < 1.29 is 14.3 Å². The van der Waals surface area contributed by atoms with Crippen LogP contribution in [0, 0.1) is 0 Å². The number of carbonyl (C=O) groups is 1. The number of pyridine rings is 1. The standard InChI is InChI=1S/C17H16N4O3/c1-23-12-5-6-13(16(8-12)24-2)19-17(22)15-9-14(20-21-15)11-4-3-7-18-10-11/h3-10H,1-2H3,(H,19,22)(H,20,21). The van der Waals surface area contributed by atoms with Crippen LogP contribution < -0.4 is 14.8 Å². The first-order chi connectivity index (χ1) is 11.7. The van der Waals surface area contributed by atoms with Crippen LogP contribution in [0.5, 0.6) is 11.5 Å². The first-order valence-corrected chi connectivity index (χ1v) is 7.20. The van der Waals surface area contributed by atoms with Crippen LogP contribution in [-0.2, 0) is 0 Å². The van der Waals surface area contributed by atoms with Crippen molar-refractivity contribution in [2.24, 2.45) is 0 Å². The van der Waals surface area contributed by atoms with Crippen molar-refractivity contribution in [3.63, 3.8) is 0 Å². The van der Waals surface area contributed by atoms with E-state index in [1.165, 1.54) is 7.11 Å². The van der Waals surface area contributed by atoms with Gasteiger partial charge in [0.05, 0.1) is 25.6 Å². The second-order valence-corrected chi connectivity index (χ2v) is 4.93. The number of ether oxygens (including phenoxy) is 2. The Labute approximate surface area is 138 Å². The van der Waals surface area contributed by atoms with Crippen LogP contribution in [-0.4, -0.2) is 35.3 Å². The maximum absolute atomic E-state index is 12.4. The lowest BCUT2D eigenvalue weighted by atomic mass is 10.2. The summed E-state index contributed by atoms with van der Waals surface area (Å²) < 4.78 is 10.4. The van der Waals surface area contributed by atoms with Crippen molar-refractivity contribution in [1.82, 2.24) is 15.2 Å². The highest BCUT2D eigenvalue weighted by molar-refractivity contribution is 6.04. The van der Waals surface area contributed by atoms with Gasteiger partial charge >= 0.3 is 0 Å². The molecule has 122 valence electrons. The lowest BCUT2D eigenvalue weighted by Gasteiger charge is -2.10. The van der Waals surface area contributed by atoms with Crippen LogP contribution in [0.15, 0.2) is 48.8 Å². The fourth-order valence-corrected chi connectivity index (χ4v) is 2.19. The smallest absolute Gasteiger partial charge is 0.273 e. The molecule has 0 saturated carbocycles. The third kappa shape index (κ3) is 3.19. The third-order valence-electron chi connectivity index (χ3n) is 3.44. The number of anilines is 1. The number of nitrogens with one attached hydrogen (secondary N) is 2. The van der Waals surface area contributed by atoms with Crippen molar-refractivity contribution in [1.29, 1.82) is 0 Å². The average molecular weight is 324 g/mol. The molecule has 2 N–H and O–H groups in total. The van der Waals surface area contributed by atoms with Gasteiger partial charge in [-0.15, -0.1) is 0 Å². The van der Waals surface area contributed by atoms with E-state index in [0.29, 0.717) is 28.6 Å². The molecule has 0 fully saturated rings. The third-order valence-corrected chi connectivity index (χ3v) is 3.44. The Kier molecular flexibility index (Phi) is 4.42. The van der Waals surface area contributed by atoms with E-state index in [1.54, 1.807) is 43.8 Å². The van der Waals surface area contributed by atoms with Crippen molar-refractivity contribution in [3.8, 4) is 22.8 Å². The Balaban J connectivity index is 1.80. The van der Waals surface area contributed by atoms with Gasteiger partial charge in [-0.3, -0.25) is 14.9 Å². The maximum atomic E-state index is 12.4. The highest BCUT2D eigenvalue weighted by atomic mass is 16.5. The van der Waals surface area contributed by atoms with E-state index in [-0.39, 0.29) is 5.91 Å². The molecule has 2 aromatic heterocycles. The van der Waals surface area contributed by atoms with Crippen LogP contribution in [0.4, 0.5) is 5.69 Å². The van der Waals surface area contributed by atoms with E-state index in [2.05, 4.69) is 20.5 Å². The zero-order chi connectivity index (χ0) is 16.9. The molecule has 0 spiro atoms. The van der Waals surface area contributed by atoms with E-state index in [4.69, 9.17) is 9.47 Å². The molecule has 0 radical (unpaired) electrons. The van der Waals surface area contributed by atoms with Gasteiger partial charge in [-0.1, -0.05) is 0 Å². The van der Waals surface area contributed by atoms with E-state index < -0.39 is 0 Å². The quantitative estimate of drug-likeness (QED) is 0.753. The molecule has 3 rings (SSSR count). The van der Waals surface area contributed by atoms with Gasteiger partial charge in [0.25, 0.3) is 5.91 Å². The number of hydrogen-bond donors (Lipinski definition) is 2. The SMILES string of the molecule is COc1ccc(NC(=O)c2cc(-c3cccnc3)n[nH]2)c(OC)c1. The topological polar surface area (TPSA) is 89.1 Å². The lowest BCUT2D eigenvalue weighted by Crippen LogP contribution is -2.13. The molecular formula is C17H16N4O3. The first-order valence-electron chi connectivity index (χ1n) is 7.20. The number of H-pyrrole nitrogens is 1. The maximum Gasteiger partial charge on any atom is 0.273 e. The van der Waals surface area contributed by atoms with Crippen molar-refractivity contribution in [2.75, 3.05) is 19.5 Å². The fourth-order valence-electron chi connectivity index (χ4n) is 2.19. The molecular weight excluding hydrogens is 308 g/mol. The number of benzene rings is 1. The van der Waals surface area contributed by atoms with Crippen LogP contribution in [0.2, 0.25) is 0 Å². The van der Waals surface area contributed by atoms with Gasteiger partial charge in [0, 0.05) is 24.0 Å². The normalized spacial score (nSPS) is 10.2. The molecule has 0 aliphatic rings. The summed E-state index contributed by atoms with van der Waals surface area (Å²) in [5.74, 6) is 0.834. The lowest BCUT2D eigenvalue weighted by molar-refractivity contribution is 0.102. The van der Waals surface area contributed by atoms with E-state index in [9.17, 15) is 4.79 Å². The Morgan fingerprint density at radius 3 is 2.75 bits per heavy atom. The molecule has 0 unspecified atom stereocenters. The van der Waals surface area contributed by atoms with Crippen LogP contribution in [0.25, 0.3) is 11.3 Å². The molecule has 7 heteroatoms. The van der Waals surface area contributed by atoms with Gasteiger partial charge in [0.2, 0.25) is 0 Å². The average Bonchev–Trinajstić information content (AvgIpc) is 3.13. The number of aromatic nitrogens is 3. The van der Waals surface area contributed by atoms with Gasteiger partial charge in [0.15, 0.2) is 0 Å². The first kappa shape index (κ1) is 15.5. The molecule has 0 aliphatic carbocycles. The fraction of sp³-hybridized carbons (Fsp3) is 0.118. The summed E-state index contributed by atoms with van der Waals surface area (Å²) in [6.07, 6.45) is 3.37. The molecule has 0 saturated heterocycles. The highest BCUT2D eigenvalue weighted by Crippen LogP contribution is 2.29. The van der Waals surface area contributed by atoms with Crippen molar-refractivity contribution >= 4 is 11.6 Å². The summed E-state index contributed by atoms with van der Waals surface area (Å²) in [5.41, 5.74) is 2.36. The molecule has 7 nitrogen and oxygen atoms in total. The molecule has 1 amide bonds. The van der Waals surface area contributed by atoms with Crippen molar-refractivity contribution in [3.05, 3.63) is 54.5 Å². The van der Waals surface area contributed by atoms with Gasteiger partial charge < -0.3 is 14.8 Å². The summed E-state index contributed by atoms with van der Waals surface area (Å²) in [6.45, 7) is 0. The van der Waals surface area contributed by atoms with Gasteiger partial charge in [-0.25, -0.2) is 0 Å². The van der Waals surface area contributed by atoms with Gasteiger partial charge in [-0.2, -0.15) is 5.10 Å². The van der Waals surface area contributed by atoms with Gasteiger partial charge in [-0.05, 0) is 30.3 Å². The van der Waals surface area contributed by atoms with E-state index >= 15 is 0 Å². The summed E-state index contributed by atoms with van der Waals surface area (Å²) >= 11 is 0. The molecule has 3 aromatic rings. The number of nitrogens with zero attached hydrogens (tertiary/aromatic N) is 2. The number of rotatable bonds is 5. The van der Waals surface area contributed by atoms with E-state index in [1.807, 2.05) is 12.1 Å². The Morgan fingerprint density at radius 1 is 1.17 bits per heavy atom. The summed E-state index contributed by atoms with van der Waals surface area (Å²) in [7, 11) is 3.10.